The monoisotopic (exact) mass is 586 g/mol. The minimum Gasteiger partial charge on any atom is -0.502 e. The van der Waals surface area contributed by atoms with Crippen LogP contribution < -0.4 is 40.6 Å². The van der Waals surface area contributed by atoms with E-state index in [0.717, 1.165) is 49.2 Å². The van der Waals surface area contributed by atoms with Crippen molar-refractivity contribution >= 4 is 5.91 Å². The molecule has 0 spiro atoms. The molecule has 2 aliphatic heterocycles. The molecular formula is C30H42N4O8. The van der Waals surface area contributed by atoms with E-state index in [0.29, 0.717) is 31.0 Å². The van der Waals surface area contributed by atoms with Crippen molar-refractivity contribution in [2.45, 2.75) is 37.5 Å². The van der Waals surface area contributed by atoms with Crippen molar-refractivity contribution in [2.24, 2.45) is 17.6 Å². The molecule has 230 valence electrons. The van der Waals surface area contributed by atoms with E-state index in [1.807, 2.05) is 12.1 Å². The molecule has 42 heavy (non-hydrogen) atoms. The van der Waals surface area contributed by atoms with E-state index in [-0.39, 0.29) is 48.4 Å². The van der Waals surface area contributed by atoms with Gasteiger partial charge in [-0.1, -0.05) is 0 Å². The largest absolute Gasteiger partial charge is 0.502 e. The van der Waals surface area contributed by atoms with Gasteiger partial charge >= 0.3 is 0 Å². The van der Waals surface area contributed by atoms with Crippen LogP contribution in [-0.4, -0.2) is 82.8 Å². The average molecular weight is 587 g/mol. The number of hydrogen-bond acceptors (Lipinski definition) is 11. The number of ether oxygens (including phenoxy) is 5. The Labute approximate surface area is 245 Å². The zero-order chi connectivity index (χ0) is 29.6. The molecule has 2 heterocycles. The van der Waals surface area contributed by atoms with Crippen LogP contribution in [0.15, 0.2) is 24.3 Å². The molecule has 1 unspecified atom stereocenters. The fourth-order valence-corrected chi connectivity index (χ4v) is 6.27. The SMILES string of the molecule is COc1cc([C@@H]2c3cc4c(cc3[C@@H](NC(=O)CCNCCCNCCCN)[C@H]3COC(O)[C@H]23)OCO4)cc(OC)c1O. The molecule has 5 rings (SSSR count). The second kappa shape index (κ2) is 13.8. The summed E-state index contributed by atoms with van der Waals surface area (Å²) in [5, 5.41) is 31.6. The van der Waals surface area contributed by atoms with E-state index < -0.39 is 18.2 Å². The Morgan fingerprint density at radius 3 is 2.29 bits per heavy atom. The number of amides is 1. The lowest BCUT2D eigenvalue weighted by Gasteiger charge is -2.41. The second-order valence-corrected chi connectivity index (χ2v) is 10.8. The molecular weight excluding hydrogens is 544 g/mol. The normalized spacial score (nSPS) is 23.8. The van der Waals surface area contributed by atoms with Gasteiger partial charge in [0.05, 0.1) is 26.9 Å². The van der Waals surface area contributed by atoms with Crippen molar-refractivity contribution < 1.29 is 38.7 Å². The summed E-state index contributed by atoms with van der Waals surface area (Å²) in [4.78, 5) is 13.2. The Morgan fingerprint density at radius 2 is 1.62 bits per heavy atom. The summed E-state index contributed by atoms with van der Waals surface area (Å²) in [6.45, 7) is 4.24. The number of phenols is 1. The minimum absolute atomic E-state index is 0.0938. The second-order valence-electron chi connectivity index (χ2n) is 10.8. The van der Waals surface area contributed by atoms with E-state index >= 15 is 0 Å². The van der Waals surface area contributed by atoms with Crippen molar-refractivity contribution in [2.75, 3.05) is 60.3 Å². The number of benzene rings is 2. The quantitative estimate of drug-likeness (QED) is 0.177. The first-order chi connectivity index (χ1) is 20.5. The fraction of sp³-hybridized carbons (Fsp3) is 0.567. The van der Waals surface area contributed by atoms with Crippen LogP contribution in [0, 0.1) is 11.8 Å². The lowest BCUT2D eigenvalue weighted by atomic mass is 9.65. The van der Waals surface area contributed by atoms with Crippen LogP contribution in [0.5, 0.6) is 28.7 Å². The van der Waals surface area contributed by atoms with Crippen LogP contribution in [0.25, 0.3) is 0 Å². The molecule has 0 saturated carbocycles. The summed E-state index contributed by atoms with van der Waals surface area (Å²) < 4.78 is 28.1. The average Bonchev–Trinajstić information content (AvgIpc) is 3.62. The Kier molecular flexibility index (Phi) is 9.91. The maximum absolute atomic E-state index is 13.2. The van der Waals surface area contributed by atoms with Gasteiger partial charge in [0, 0.05) is 30.7 Å². The predicted molar refractivity (Wildman–Crippen MR) is 154 cm³/mol. The Morgan fingerprint density at radius 1 is 0.976 bits per heavy atom. The van der Waals surface area contributed by atoms with E-state index in [9.17, 15) is 15.0 Å². The molecule has 2 aromatic rings. The van der Waals surface area contributed by atoms with Crippen molar-refractivity contribution in [3.8, 4) is 28.7 Å². The van der Waals surface area contributed by atoms with Gasteiger partial charge in [0.25, 0.3) is 0 Å². The van der Waals surface area contributed by atoms with Crippen molar-refractivity contribution in [1.29, 1.82) is 0 Å². The van der Waals surface area contributed by atoms with Gasteiger partial charge < -0.3 is 55.6 Å². The standard InChI is InChI=1S/C30H42N4O8/c1-38-23-11-17(12-24(39-2)29(23)36)26-18-13-21-22(42-16-41-21)14-19(18)28(20-15-40-30(37)27(20)26)34-25(35)5-10-33-9-4-8-32-7-3-6-31/h11-14,20,26-28,30,32-33,36-37H,3-10,15-16,31H2,1-2H3,(H,34,35)/t20-,26+,27-,28+,30?/m0/s1. The third-order valence-electron chi connectivity index (χ3n) is 8.32. The lowest BCUT2D eigenvalue weighted by molar-refractivity contribution is -0.122. The highest BCUT2D eigenvalue weighted by Crippen LogP contribution is 2.56. The number of methoxy groups -OCH3 is 2. The molecule has 1 saturated heterocycles. The molecule has 3 aliphatic rings. The van der Waals surface area contributed by atoms with Gasteiger partial charge in [-0.3, -0.25) is 4.79 Å². The molecule has 1 amide bonds. The molecule has 0 bridgehead atoms. The number of carbonyl (C=O) groups excluding carboxylic acids is 1. The highest BCUT2D eigenvalue weighted by atomic mass is 16.7. The summed E-state index contributed by atoms with van der Waals surface area (Å²) in [7, 11) is 2.95. The van der Waals surface area contributed by atoms with Crippen LogP contribution in [0.4, 0.5) is 0 Å². The maximum atomic E-state index is 13.2. The summed E-state index contributed by atoms with van der Waals surface area (Å²) in [5.41, 5.74) is 8.02. The fourth-order valence-electron chi connectivity index (χ4n) is 6.27. The molecule has 5 atom stereocenters. The molecule has 0 radical (unpaired) electrons. The van der Waals surface area contributed by atoms with E-state index in [4.69, 9.17) is 29.4 Å². The number of aromatic hydroxyl groups is 1. The molecule has 2 aromatic carbocycles. The number of rotatable bonds is 14. The number of carbonyl (C=O) groups is 1. The van der Waals surface area contributed by atoms with Gasteiger partial charge in [-0.05, 0) is 80.0 Å². The molecule has 7 N–H and O–H groups in total. The van der Waals surface area contributed by atoms with E-state index in [1.165, 1.54) is 14.2 Å². The Balaban J connectivity index is 1.38. The maximum Gasteiger partial charge on any atom is 0.231 e. The third-order valence-corrected chi connectivity index (χ3v) is 8.32. The first-order valence-corrected chi connectivity index (χ1v) is 14.6. The van der Waals surface area contributed by atoms with Gasteiger partial charge in [0.15, 0.2) is 29.3 Å². The topological polar surface area (TPSA) is 166 Å². The van der Waals surface area contributed by atoms with Gasteiger partial charge in [0.1, 0.15) is 0 Å². The predicted octanol–water partition coefficient (Wildman–Crippen LogP) is 1.33. The van der Waals surface area contributed by atoms with Crippen LogP contribution >= 0.6 is 0 Å². The minimum atomic E-state index is -1.07. The molecule has 1 fully saturated rings. The van der Waals surface area contributed by atoms with Crippen molar-refractivity contribution in [1.82, 2.24) is 16.0 Å². The highest BCUT2D eigenvalue weighted by Gasteiger charge is 2.52. The van der Waals surface area contributed by atoms with Gasteiger partial charge in [-0.2, -0.15) is 0 Å². The van der Waals surface area contributed by atoms with E-state index in [1.54, 1.807) is 12.1 Å². The molecule has 0 aromatic heterocycles. The highest BCUT2D eigenvalue weighted by molar-refractivity contribution is 5.77. The van der Waals surface area contributed by atoms with Gasteiger partial charge in [-0.25, -0.2) is 0 Å². The first-order valence-electron chi connectivity index (χ1n) is 14.6. The van der Waals surface area contributed by atoms with Crippen LogP contribution in [-0.2, 0) is 9.53 Å². The van der Waals surface area contributed by atoms with E-state index in [2.05, 4.69) is 16.0 Å². The molecule has 12 heteroatoms. The lowest BCUT2D eigenvalue weighted by Crippen LogP contribution is -2.44. The number of hydrogen-bond donors (Lipinski definition) is 6. The number of nitrogens with one attached hydrogen (secondary N) is 3. The number of nitrogens with two attached hydrogens (primary N) is 1. The number of fused-ring (bicyclic) bond motifs is 3. The first kappa shape index (κ1) is 30.2. The van der Waals surface area contributed by atoms with Crippen LogP contribution in [0.2, 0.25) is 0 Å². The molecule has 1 aliphatic carbocycles. The van der Waals surface area contributed by atoms with Crippen LogP contribution in [0.3, 0.4) is 0 Å². The van der Waals surface area contributed by atoms with Gasteiger partial charge in [0.2, 0.25) is 18.4 Å². The zero-order valence-electron chi connectivity index (χ0n) is 24.2. The third kappa shape index (κ3) is 6.23. The summed E-state index contributed by atoms with van der Waals surface area (Å²) in [5.74, 6) is 0.524. The zero-order valence-corrected chi connectivity index (χ0v) is 24.2. The van der Waals surface area contributed by atoms with Crippen LogP contribution in [0.1, 0.15) is 47.9 Å². The summed E-state index contributed by atoms with van der Waals surface area (Å²) in [6.07, 6.45) is 1.17. The number of aliphatic hydroxyl groups is 1. The smallest absolute Gasteiger partial charge is 0.231 e. The summed E-state index contributed by atoms with van der Waals surface area (Å²) >= 11 is 0. The Hall–Kier alpha value is -3.29. The Bertz CT molecular complexity index is 1220. The van der Waals surface area contributed by atoms with Crippen molar-refractivity contribution in [3.05, 3.63) is 41.0 Å². The summed E-state index contributed by atoms with van der Waals surface area (Å²) in [6, 6.07) is 6.92. The molecule has 12 nitrogen and oxygen atoms in total. The van der Waals surface area contributed by atoms with Crippen molar-refractivity contribution in [3.63, 3.8) is 0 Å². The number of phenolic OH excluding ortho intramolecular Hbond substituents is 1. The van der Waals surface area contributed by atoms with Gasteiger partial charge in [-0.15, -0.1) is 0 Å². The number of aliphatic hydroxyl groups excluding tert-OH is 1.